The zero-order chi connectivity index (χ0) is 19.9. The van der Waals surface area contributed by atoms with Crippen molar-refractivity contribution < 1.29 is 9.47 Å². The largest absolute Gasteiger partial charge is 0.490 e. The molecule has 0 saturated carbocycles. The second kappa shape index (κ2) is 10.1. The molecule has 0 amide bonds. The molecule has 0 spiro atoms. The molecule has 0 aromatic heterocycles. The van der Waals surface area contributed by atoms with Gasteiger partial charge in [-0.2, -0.15) is 0 Å². The van der Waals surface area contributed by atoms with E-state index < -0.39 is 0 Å². The van der Waals surface area contributed by atoms with Crippen molar-refractivity contribution in [2.24, 2.45) is 0 Å². The van der Waals surface area contributed by atoms with Crippen LogP contribution in [0.2, 0.25) is 10.0 Å². The second-order valence-electron chi connectivity index (χ2n) is 6.08. The molecule has 28 heavy (non-hydrogen) atoms. The van der Waals surface area contributed by atoms with Crippen LogP contribution in [-0.4, -0.2) is 6.61 Å². The molecule has 3 nitrogen and oxygen atoms in total. The van der Waals surface area contributed by atoms with E-state index in [1.807, 2.05) is 67.6 Å². The number of ether oxygens (including phenoxy) is 2. The van der Waals surface area contributed by atoms with Gasteiger partial charge in [0.25, 0.3) is 0 Å². The summed E-state index contributed by atoms with van der Waals surface area (Å²) in [4.78, 5) is 0. The van der Waals surface area contributed by atoms with Gasteiger partial charge in [0.1, 0.15) is 6.61 Å². The van der Waals surface area contributed by atoms with Crippen molar-refractivity contribution in [3.8, 4) is 11.5 Å². The standard InChI is InChI=1S/C22H20BrCl2NO2/c1-2-27-22-11-15(13-26-17-8-9-18(23)20(25)12-17)7-10-21(22)28-14-16-5-3-4-6-19(16)24/h3-12,26H,2,13-14H2,1H3. The molecule has 0 fully saturated rings. The van der Waals surface area contributed by atoms with Gasteiger partial charge in [-0.25, -0.2) is 0 Å². The molecule has 0 unspecified atom stereocenters. The van der Waals surface area contributed by atoms with Crippen LogP contribution >= 0.6 is 39.1 Å². The zero-order valence-electron chi connectivity index (χ0n) is 15.3. The molecule has 0 saturated heterocycles. The monoisotopic (exact) mass is 479 g/mol. The molecule has 146 valence electrons. The normalized spacial score (nSPS) is 10.6. The van der Waals surface area contributed by atoms with Gasteiger partial charge in [-0.15, -0.1) is 0 Å². The molecular formula is C22H20BrCl2NO2. The van der Waals surface area contributed by atoms with Crippen LogP contribution in [-0.2, 0) is 13.2 Å². The molecule has 0 radical (unpaired) electrons. The molecule has 1 N–H and O–H groups in total. The van der Waals surface area contributed by atoms with E-state index >= 15 is 0 Å². The quantitative estimate of drug-likeness (QED) is 0.365. The number of rotatable bonds is 8. The molecular weight excluding hydrogens is 461 g/mol. The topological polar surface area (TPSA) is 30.5 Å². The molecule has 0 aliphatic rings. The van der Waals surface area contributed by atoms with Crippen molar-refractivity contribution >= 4 is 44.8 Å². The van der Waals surface area contributed by atoms with E-state index in [1.165, 1.54) is 0 Å². The summed E-state index contributed by atoms with van der Waals surface area (Å²) in [5, 5.41) is 4.72. The van der Waals surface area contributed by atoms with Crippen LogP contribution in [0.25, 0.3) is 0 Å². The molecule has 3 rings (SSSR count). The van der Waals surface area contributed by atoms with Gasteiger partial charge in [0.15, 0.2) is 11.5 Å². The first-order valence-corrected chi connectivity index (χ1v) is 10.4. The van der Waals surface area contributed by atoms with E-state index in [1.54, 1.807) is 0 Å². The van der Waals surface area contributed by atoms with E-state index in [-0.39, 0.29) is 0 Å². The van der Waals surface area contributed by atoms with Crippen molar-refractivity contribution in [1.82, 2.24) is 0 Å². The fraction of sp³-hybridized carbons (Fsp3) is 0.182. The summed E-state index contributed by atoms with van der Waals surface area (Å²) in [6, 6.07) is 19.3. The summed E-state index contributed by atoms with van der Waals surface area (Å²) in [6.07, 6.45) is 0. The highest BCUT2D eigenvalue weighted by Gasteiger charge is 2.09. The average molecular weight is 481 g/mol. The minimum atomic E-state index is 0.384. The molecule has 3 aromatic carbocycles. The lowest BCUT2D eigenvalue weighted by atomic mass is 10.2. The number of nitrogens with one attached hydrogen (secondary N) is 1. The summed E-state index contributed by atoms with van der Waals surface area (Å²) in [5.41, 5.74) is 2.96. The summed E-state index contributed by atoms with van der Waals surface area (Å²) in [7, 11) is 0. The third-order valence-electron chi connectivity index (χ3n) is 4.07. The van der Waals surface area contributed by atoms with Gasteiger partial charge in [-0.1, -0.05) is 47.5 Å². The number of hydrogen-bond acceptors (Lipinski definition) is 3. The Bertz CT molecular complexity index is 950. The Hall–Kier alpha value is -1.88. The molecule has 0 aliphatic heterocycles. The Morgan fingerprint density at radius 2 is 1.71 bits per heavy atom. The first-order chi connectivity index (χ1) is 13.6. The molecule has 0 atom stereocenters. The van der Waals surface area contributed by atoms with E-state index in [0.29, 0.717) is 41.3 Å². The van der Waals surface area contributed by atoms with Gasteiger partial charge in [0, 0.05) is 27.3 Å². The highest BCUT2D eigenvalue weighted by Crippen LogP contribution is 2.31. The third-order valence-corrected chi connectivity index (χ3v) is 5.67. The lowest BCUT2D eigenvalue weighted by molar-refractivity contribution is 0.269. The van der Waals surface area contributed by atoms with E-state index in [0.717, 1.165) is 21.3 Å². The van der Waals surface area contributed by atoms with Gasteiger partial charge in [-0.3, -0.25) is 0 Å². The van der Waals surface area contributed by atoms with Crippen LogP contribution in [0.3, 0.4) is 0 Å². The summed E-state index contributed by atoms with van der Waals surface area (Å²) >= 11 is 15.7. The van der Waals surface area contributed by atoms with E-state index in [4.69, 9.17) is 32.7 Å². The minimum Gasteiger partial charge on any atom is -0.490 e. The number of anilines is 1. The SMILES string of the molecule is CCOc1cc(CNc2ccc(Br)c(Cl)c2)ccc1OCc1ccccc1Cl. The lowest BCUT2D eigenvalue weighted by Crippen LogP contribution is -2.03. The average Bonchev–Trinajstić information content (AvgIpc) is 2.69. The number of benzene rings is 3. The summed E-state index contributed by atoms with van der Waals surface area (Å²) in [6.45, 7) is 3.53. The number of hydrogen-bond donors (Lipinski definition) is 1. The molecule has 0 heterocycles. The Morgan fingerprint density at radius 1 is 0.893 bits per heavy atom. The summed E-state index contributed by atoms with van der Waals surface area (Å²) < 4.78 is 12.6. The first-order valence-electron chi connectivity index (χ1n) is 8.87. The van der Waals surface area contributed by atoms with Gasteiger partial charge in [0.2, 0.25) is 0 Å². The molecule has 0 bridgehead atoms. The van der Waals surface area contributed by atoms with E-state index in [9.17, 15) is 0 Å². The van der Waals surface area contributed by atoms with Crippen molar-refractivity contribution in [3.63, 3.8) is 0 Å². The van der Waals surface area contributed by atoms with Gasteiger partial charge >= 0.3 is 0 Å². The van der Waals surface area contributed by atoms with Gasteiger partial charge in [0.05, 0.1) is 11.6 Å². The minimum absolute atomic E-state index is 0.384. The maximum absolute atomic E-state index is 6.21. The maximum atomic E-state index is 6.21. The fourth-order valence-corrected chi connectivity index (χ4v) is 3.25. The predicted molar refractivity (Wildman–Crippen MR) is 120 cm³/mol. The van der Waals surface area contributed by atoms with Crippen LogP contribution in [0.4, 0.5) is 5.69 Å². The van der Waals surface area contributed by atoms with Crippen molar-refractivity contribution in [2.75, 3.05) is 11.9 Å². The second-order valence-corrected chi connectivity index (χ2v) is 7.75. The molecule has 3 aromatic rings. The Labute approximate surface area is 183 Å². The maximum Gasteiger partial charge on any atom is 0.161 e. The highest BCUT2D eigenvalue weighted by atomic mass is 79.9. The fourth-order valence-electron chi connectivity index (χ4n) is 2.63. The van der Waals surface area contributed by atoms with Crippen LogP contribution in [0, 0.1) is 0 Å². The molecule has 0 aliphatic carbocycles. The van der Waals surface area contributed by atoms with Gasteiger partial charge < -0.3 is 14.8 Å². The van der Waals surface area contributed by atoms with Crippen LogP contribution in [0.15, 0.2) is 65.1 Å². The van der Waals surface area contributed by atoms with Crippen LogP contribution in [0.5, 0.6) is 11.5 Å². The zero-order valence-corrected chi connectivity index (χ0v) is 18.4. The Morgan fingerprint density at radius 3 is 2.46 bits per heavy atom. The number of halogens is 3. The van der Waals surface area contributed by atoms with Gasteiger partial charge in [-0.05, 0) is 64.8 Å². The predicted octanol–water partition coefficient (Wildman–Crippen LogP) is 7.35. The van der Waals surface area contributed by atoms with Crippen molar-refractivity contribution in [3.05, 3.63) is 86.3 Å². The first kappa shape index (κ1) is 20.8. The highest BCUT2D eigenvalue weighted by molar-refractivity contribution is 9.10. The Kier molecular flexibility index (Phi) is 7.49. The third kappa shape index (κ3) is 5.57. The van der Waals surface area contributed by atoms with Crippen LogP contribution in [0.1, 0.15) is 18.1 Å². The Balaban J connectivity index is 1.69. The molecule has 6 heteroatoms. The summed E-state index contributed by atoms with van der Waals surface area (Å²) in [5.74, 6) is 1.40. The van der Waals surface area contributed by atoms with E-state index in [2.05, 4.69) is 21.2 Å². The van der Waals surface area contributed by atoms with Crippen LogP contribution < -0.4 is 14.8 Å². The van der Waals surface area contributed by atoms with Crippen molar-refractivity contribution in [2.45, 2.75) is 20.1 Å². The van der Waals surface area contributed by atoms with Crippen molar-refractivity contribution in [1.29, 1.82) is 0 Å². The smallest absolute Gasteiger partial charge is 0.161 e. The lowest BCUT2D eigenvalue weighted by Gasteiger charge is -2.15.